The molecule has 1 heterocycles. The predicted octanol–water partition coefficient (Wildman–Crippen LogP) is 3.77. The van der Waals surface area contributed by atoms with Gasteiger partial charge in [0.15, 0.2) is 0 Å². The molecule has 1 atom stereocenters. The molecule has 0 spiro atoms. The van der Waals surface area contributed by atoms with Crippen molar-refractivity contribution in [1.29, 1.82) is 0 Å². The summed E-state index contributed by atoms with van der Waals surface area (Å²) in [5.74, 6) is 2.43. The Balaban J connectivity index is 1.32. The molecule has 4 fully saturated rings. The van der Waals surface area contributed by atoms with Crippen LogP contribution in [-0.2, 0) is 11.3 Å². The molecule has 4 aliphatic carbocycles. The molecule has 1 aromatic heterocycles. The molecule has 0 unspecified atom stereocenters. The van der Waals surface area contributed by atoms with Crippen LogP contribution >= 0.6 is 11.6 Å². The Morgan fingerprint density at radius 3 is 2.54 bits per heavy atom. The topological polar surface area (TPSA) is 64.0 Å². The fourth-order valence-electron chi connectivity index (χ4n) is 6.55. The first kappa shape index (κ1) is 18.2. The van der Waals surface area contributed by atoms with E-state index in [-0.39, 0.29) is 29.5 Å². The summed E-state index contributed by atoms with van der Waals surface area (Å²) < 4.78 is 1.38. The number of carbonyl (C=O) groups is 1. The molecule has 4 aliphatic rings. The summed E-state index contributed by atoms with van der Waals surface area (Å²) in [7, 11) is 0. The van der Waals surface area contributed by atoms with Crippen LogP contribution < -0.4 is 10.9 Å². The van der Waals surface area contributed by atoms with Gasteiger partial charge in [0, 0.05) is 11.1 Å². The van der Waals surface area contributed by atoms with Crippen LogP contribution in [0.25, 0.3) is 10.9 Å². The second-order valence-corrected chi connectivity index (χ2v) is 9.84. The Hall–Kier alpha value is -1.88. The zero-order valence-corrected chi connectivity index (χ0v) is 16.9. The number of hydrogen-bond donors (Lipinski definition) is 1. The third-order valence-electron chi connectivity index (χ3n) is 7.48. The van der Waals surface area contributed by atoms with Crippen LogP contribution in [0.4, 0.5) is 0 Å². The summed E-state index contributed by atoms with van der Waals surface area (Å²) >= 11 is 6.01. The van der Waals surface area contributed by atoms with Crippen LogP contribution in [0.15, 0.2) is 29.3 Å². The standard InChI is InChI=1S/C22H26ClN3O2/c1-13(22-8-14-4-15(9-22)6-16(5-14)10-22)25-20(27)11-26-12-24-19-3-2-17(23)7-18(19)21(26)28/h2-3,7,12-16H,4-6,8-11H2,1H3,(H,25,27)/t13-,14?,15?,16?,22?/m1/s1. The van der Waals surface area contributed by atoms with Crippen LogP contribution in [0.3, 0.4) is 0 Å². The summed E-state index contributed by atoms with van der Waals surface area (Å²) in [6.45, 7) is 2.15. The molecule has 0 radical (unpaired) electrons. The number of benzene rings is 1. The molecular weight excluding hydrogens is 374 g/mol. The lowest BCUT2D eigenvalue weighted by Crippen LogP contribution is -2.56. The Bertz CT molecular complexity index is 964. The summed E-state index contributed by atoms with van der Waals surface area (Å²) in [5, 5.41) is 4.15. The van der Waals surface area contributed by atoms with Gasteiger partial charge in [-0.25, -0.2) is 4.98 Å². The lowest BCUT2D eigenvalue weighted by atomic mass is 9.48. The fraction of sp³-hybridized carbons (Fsp3) is 0.591. The first-order valence-electron chi connectivity index (χ1n) is 10.4. The van der Waals surface area contributed by atoms with Crippen LogP contribution in [0.5, 0.6) is 0 Å². The van der Waals surface area contributed by atoms with E-state index in [4.69, 9.17) is 11.6 Å². The molecule has 4 bridgehead atoms. The van der Waals surface area contributed by atoms with Crippen LogP contribution in [-0.4, -0.2) is 21.5 Å². The van der Waals surface area contributed by atoms with Crippen molar-refractivity contribution in [2.24, 2.45) is 23.2 Å². The van der Waals surface area contributed by atoms with Gasteiger partial charge in [0.2, 0.25) is 5.91 Å². The molecule has 1 N–H and O–H groups in total. The minimum absolute atomic E-state index is 0.00894. The number of nitrogens with zero attached hydrogens (tertiary/aromatic N) is 2. The van der Waals surface area contributed by atoms with Gasteiger partial charge in [-0.15, -0.1) is 0 Å². The normalized spacial score (nSPS) is 31.9. The van der Waals surface area contributed by atoms with Gasteiger partial charge in [-0.2, -0.15) is 0 Å². The highest BCUT2D eigenvalue weighted by atomic mass is 35.5. The van der Waals surface area contributed by atoms with Crippen molar-refractivity contribution >= 4 is 28.4 Å². The Morgan fingerprint density at radius 2 is 1.89 bits per heavy atom. The average molecular weight is 400 g/mol. The largest absolute Gasteiger partial charge is 0.352 e. The number of halogens is 1. The lowest BCUT2D eigenvalue weighted by Gasteiger charge is -2.59. The lowest BCUT2D eigenvalue weighted by molar-refractivity contribution is -0.126. The Morgan fingerprint density at radius 1 is 1.25 bits per heavy atom. The number of nitrogens with one attached hydrogen (secondary N) is 1. The van der Waals surface area contributed by atoms with Crippen LogP contribution in [0, 0.1) is 23.2 Å². The van der Waals surface area contributed by atoms with Crippen molar-refractivity contribution in [3.63, 3.8) is 0 Å². The van der Waals surface area contributed by atoms with E-state index in [0.29, 0.717) is 15.9 Å². The van der Waals surface area contributed by atoms with E-state index >= 15 is 0 Å². The zero-order chi connectivity index (χ0) is 19.5. The number of amides is 1. The van der Waals surface area contributed by atoms with E-state index in [0.717, 1.165) is 17.8 Å². The maximum absolute atomic E-state index is 12.7. The maximum atomic E-state index is 12.7. The number of hydrogen-bond acceptors (Lipinski definition) is 3. The molecule has 148 valence electrons. The summed E-state index contributed by atoms with van der Waals surface area (Å²) in [4.78, 5) is 29.7. The number of rotatable bonds is 4. The van der Waals surface area contributed by atoms with Gasteiger partial charge < -0.3 is 5.32 Å². The first-order chi connectivity index (χ1) is 13.4. The molecule has 6 rings (SSSR count). The minimum atomic E-state index is -0.231. The fourth-order valence-corrected chi connectivity index (χ4v) is 6.72. The van der Waals surface area contributed by atoms with Crippen molar-refractivity contribution < 1.29 is 4.79 Å². The second-order valence-electron chi connectivity index (χ2n) is 9.41. The molecule has 4 saturated carbocycles. The highest BCUT2D eigenvalue weighted by Crippen LogP contribution is 2.61. The molecule has 1 amide bonds. The third-order valence-corrected chi connectivity index (χ3v) is 7.72. The van der Waals surface area contributed by atoms with Gasteiger partial charge in [-0.1, -0.05) is 11.6 Å². The minimum Gasteiger partial charge on any atom is -0.352 e. The van der Waals surface area contributed by atoms with E-state index in [2.05, 4.69) is 17.2 Å². The molecule has 0 saturated heterocycles. The van der Waals surface area contributed by atoms with Gasteiger partial charge in [0.05, 0.1) is 17.2 Å². The van der Waals surface area contributed by atoms with Crippen LogP contribution in [0.2, 0.25) is 5.02 Å². The van der Waals surface area contributed by atoms with Gasteiger partial charge >= 0.3 is 0 Å². The first-order valence-corrected chi connectivity index (χ1v) is 10.7. The van der Waals surface area contributed by atoms with Crippen molar-refractivity contribution in [2.75, 3.05) is 0 Å². The summed E-state index contributed by atoms with van der Waals surface area (Å²) in [6.07, 6.45) is 9.36. The van der Waals surface area contributed by atoms with E-state index in [1.54, 1.807) is 18.2 Å². The van der Waals surface area contributed by atoms with Gasteiger partial charge in [0.1, 0.15) is 6.54 Å². The van der Waals surface area contributed by atoms with Crippen LogP contribution in [0.1, 0.15) is 45.4 Å². The van der Waals surface area contributed by atoms with E-state index in [1.807, 2.05) is 0 Å². The average Bonchev–Trinajstić information content (AvgIpc) is 2.63. The number of carbonyl (C=O) groups excluding carboxylic acids is 1. The number of aromatic nitrogens is 2. The third kappa shape index (κ3) is 3.04. The molecule has 1 aromatic carbocycles. The smallest absolute Gasteiger partial charge is 0.261 e. The number of fused-ring (bicyclic) bond motifs is 1. The molecule has 28 heavy (non-hydrogen) atoms. The predicted molar refractivity (Wildman–Crippen MR) is 109 cm³/mol. The van der Waals surface area contributed by atoms with Crippen molar-refractivity contribution in [1.82, 2.24) is 14.9 Å². The maximum Gasteiger partial charge on any atom is 0.261 e. The van der Waals surface area contributed by atoms with Crippen molar-refractivity contribution in [3.8, 4) is 0 Å². The van der Waals surface area contributed by atoms with Gasteiger partial charge in [-0.05, 0) is 86.8 Å². The molecule has 2 aromatic rings. The molecule has 5 nitrogen and oxygen atoms in total. The Kier molecular flexibility index (Phi) is 4.27. The quantitative estimate of drug-likeness (QED) is 0.851. The summed E-state index contributed by atoms with van der Waals surface area (Å²) in [6, 6.07) is 5.18. The molecular formula is C22H26ClN3O2. The van der Waals surface area contributed by atoms with E-state index in [1.165, 1.54) is 49.4 Å². The molecule has 0 aliphatic heterocycles. The molecule has 6 heteroatoms. The van der Waals surface area contributed by atoms with Crippen molar-refractivity contribution in [2.45, 2.75) is 58.0 Å². The van der Waals surface area contributed by atoms with Crippen molar-refractivity contribution in [3.05, 3.63) is 39.9 Å². The highest BCUT2D eigenvalue weighted by Gasteiger charge is 2.53. The van der Waals surface area contributed by atoms with E-state index in [9.17, 15) is 9.59 Å². The monoisotopic (exact) mass is 399 g/mol. The highest BCUT2D eigenvalue weighted by molar-refractivity contribution is 6.31. The SMILES string of the molecule is C[C@@H](NC(=O)Cn1cnc2ccc(Cl)cc2c1=O)C12CC3CC(CC(C3)C1)C2. The Labute approximate surface area is 169 Å². The zero-order valence-electron chi connectivity index (χ0n) is 16.2. The van der Waals surface area contributed by atoms with Gasteiger partial charge in [0.25, 0.3) is 5.56 Å². The van der Waals surface area contributed by atoms with Gasteiger partial charge in [-0.3, -0.25) is 14.2 Å². The second kappa shape index (κ2) is 6.58. The summed E-state index contributed by atoms with van der Waals surface area (Å²) in [5.41, 5.74) is 0.614. The van der Waals surface area contributed by atoms with E-state index < -0.39 is 0 Å².